The van der Waals surface area contributed by atoms with Crippen molar-refractivity contribution in [1.29, 1.82) is 0 Å². The zero-order valence-electron chi connectivity index (χ0n) is 11.6. The van der Waals surface area contributed by atoms with E-state index in [1.54, 1.807) is 13.3 Å². The Bertz CT molecular complexity index is 599. The standard InChI is InChI=1S/C15H17BrN2O/c1-10-5-6-14(19-4)13(7-10)18(3)15-11(2)8-12(16)9-17-15/h5-9H,1-4H3. The van der Waals surface area contributed by atoms with E-state index in [1.165, 1.54) is 5.56 Å². The van der Waals surface area contributed by atoms with E-state index in [2.05, 4.69) is 40.0 Å². The number of rotatable bonds is 3. The summed E-state index contributed by atoms with van der Waals surface area (Å²) in [6.07, 6.45) is 1.81. The number of hydrogen-bond acceptors (Lipinski definition) is 3. The van der Waals surface area contributed by atoms with Crippen LogP contribution in [0.1, 0.15) is 11.1 Å². The summed E-state index contributed by atoms with van der Waals surface area (Å²) >= 11 is 3.44. The highest BCUT2D eigenvalue weighted by Crippen LogP contribution is 2.34. The Morgan fingerprint density at radius 1 is 1.21 bits per heavy atom. The van der Waals surface area contributed by atoms with Gasteiger partial charge in [0.25, 0.3) is 0 Å². The maximum Gasteiger partial charge on any atom is 0.142 e. The fourth-order valence-corrected chi connectivity index (χ4v) is 2.51. The van der Waals surface area contributed by atoms with Crippen molar-refractivity contribution in [3.63, 3.8) is 0 Å². The molecule has 4 heteroatoms. The molecule has 2 aromatic rings. The van der Waals surface area contributed by atoms with Crippen LogP contribution in [0.2, 0.25) is 0 Å². The van der Waals surface area contributed by atoms with Crippen molar-refractivity contribution < 1.29 is 4.74 Å². The molecule has 0 radical (unpaired) electrons. The van der Waals surface area contributed by atoms with Crippen molar-refractivity contribution >= 4 is 27.4 Å². The lowest BCUT2D eigenvalue weighted by Gasteiger charge is -2.23. The van der Waals surface area contributed by atoms with Crippen LogP contribution in [-0.2, 0) is 0 Å². The molecule has 0 saturated heterocycles. The van der Waals surface area contributed by atoms with Gasteiger partial charge in [0, 0.05) is 17.7 Å². The molecule has 1 aromatic carbocycles. The fourth-order valence-electron chi connectivity index (χ4n) is 2.06. The molecule has 19 heavy (non-hydrogen) atoms. The zero-order valence-corrected chi connectivity index (χ0v) is 13.2. The third-order valence-electron chi connectivity index (χ3n) is 3.03. The summed E-state index contributed by atoms with van der Waals surface area (Å²) in [6.45, 7) is 4.12. The number of pyridine rings is 1. The van der Waals surface area contributed by atoms with Gasteiger partial charge in [-0.3, -0.25) is 0 Å². The zero-order chi connectivity index (χ0) is 14.0. The predicted octanol–water partition coefficient (Wildman–Crippen LogP) is 4.24. The number of hydrogen-bond donors (Lipinski definition) is 0. The van der Waals surface area contributed by atoms with Crippen molar-refractivity contribution in [1.82, 2.24) is 4.98 Å². The van der Waals surface area contributed by atoms with Crippen LogP contribution in [0.3, 0.4) is 0 Å². The van der Waals surface area contributed by atoms with E-state index < -0.39 is 0 Å². The van der Waals surface area contributed by atoms with E-state index in [4.69, 9.17) is 4.74 Å². The molecule has 0 fully saturated rings. The summed E-state index contributed by atoms with van der Waals surface area (Å²) in [6, 6.07) is 8.18. The summed E-state index contributed by atoms with van der Waals surface area (Å²) in [5.74, 6) is 1.77. The molecular weight excluding hydrogens is 304 g/mol. The molecule has 0 atom stereocenters. The summed E-state index contributed by atoms with van der Waals surface area (Å²) in [5, 5.41) is 0. The molecule has 0 N–H and O–H groups in total. The smallest absolute Gasteiger partial charge is 0.142 e. The van der Waals surface area contributed by atoms with Gasteiger partial charge in [0.05, 0.1) is 12.8 Å². The van der Waals surface area contributed by atoms with E-state index >= 15 is 0 Å². The molecule has 0 saturated carbocycles. The van der Waals surface area contributed by atoms with Crippen molar-refractivity contribution in [3.05, 3.63) is 46.1 Å². The average Bonchev–Trinajstić information content (AvgIpc) is 2.38. The van der Waals surface area contributed by atoms with E-state index in [0.717, 1.165) is 27.3 Å². The maximum absolute atomic E-state index is 5.43. The van der Waals surface area contributed by atoms with Gasteiger partial charge >= 0.3 is 0 Å². The van der Waals surface area contributed by atoms with Crippen LogP contribution in [-0.4, -0.2) is 19.1 Å². The maximum atomic E-state index is 5.43. The number of ether oxygens (including phenoxy) is 1. The van der Waals surface area contributed by atoms with Crippen molar-refractivity contribution in [3.8, 4) is 5.75 Å². The van der Waals surface area contributed by atoms with Gasteiger partial charge in [-0.05, 0) is 59.1 Å². The van der Waals surface area contributed by atoms with Crippen molar-refractivity contribution in [2.24, 2.45) is 0 Å². The summed E-state index contributed by atoms with van der Waals surface area (Å²) < 4.78 is 6.41. The number of aromatic nitrogens is 1. The minimum absolute atomic E-state index is 0.845. The first-order valence-electron chi connectivity index (χ1n) is 6.03. The van der Waals surface area contributed by atoms with E-state index in [1.807, 2.05) is 31.0 Å². The third kappa shape index (κ3) is 2.89. The van der Waals surface area contributed by atoms with Crippen LogP contribution in [0.5, 0.6) is 5.75 Å². The molecule has 0 aliphatic heterocycles. The van der Waals surface area contributed by atoms with Gasteiger partial charge in [-0.15, -0.1) is 0 Å². The molecule has 0 unspecified atom stereocenters. The van der Waals surface area contributed by atoms with Gasteiger partial charge in [-0.1, -0.05) is 6.07 Å². The quantitative estimate of drug-likeness (QED) is 0.845. The molecule has 100 valence electrons. The van der Waals surface area contributed by atoms with Crippen molar-refractivity contribution in [2.45, 2.75) is 13.8 Å². The molecule has 0 bridgehead atoms. The topological polar surface area (TPSA) is 25.4 Å². The Morgan fingerprint density at radius 3 is 2.58 bits per heavy atom. The van der Waals surface area contributed by atoms with Crippen LogP contribution >= 0.6 is 15.9 Å². The average molecular weight is 321 g/mol. The number of nitrogens with zero attached hydrogens (tertiary/aromatic N) is 2. The molecule has 1 aromatic heterocycles. The van der Waals surface area contributed by atoms with Crippen LogP contribution in [0.25, 0.3) is 0 Å². The van der Waals surface area contributed by atoms with E-state index in [0.29, 0.717) is 0 Å². The lowest BCUT2D eigenvalue weighted by atomic mass is 10.2. The second kappa shape index (κ2) is 5.61. The lowest BCUT2D eigenvalue weighted by Crippen LogP contribution is -2.14. The molecule has 0 aliphatic carbocycles. The summed E-state index contributed by atoms with van der Waals surface area (Å²) in [5.41, 5.74) is 3.32. The highest BCUT2D eigenvalue weighted by Gasteiger charge is 2.13. The minimum Gasteiger partial charge on any atom is -0.495 e. The Hall–Kier alpha value is -1.55. The molecule has 3 nitrogen and oxygen atoms in total. The summed E-state index contributed by atoms with van der Waals surface area (Å²) in [4.78, 5) is 6.53. The molecule has 0 spiro atoms. The SMILES string of the molecule is COc1ccc(C)cc1N(C)c1ncc(Br)cc1C. The van der Waals surface area contributed by atoms with Gasteiger partial charge in [0.1, 0.15) is 11.6 Å². The number of benzene rings is 1. The Labute approximate surface area is 122 Å². The predicted molar refractivity (Wildman–Crippen MR) is 82.5 cm³/mol. The van der Waals surface area contributed by atoms with E-state index in [9.17, 15) is 0 Å². The Balaban J connectivity index is 2.49. The van der Waals surface area contributed by atoms with Gasteiger partial charge < -0.3 is 9.64 Å². The second-order valence-corrected chi connectivity index (χ2v) is 5.44. The Kier molecular flexibility index (Phi) is 4.10. The minimum atomic E-state index is 0.845. The molecular formula is C15H17BrN2O. The first-order chi connectivity index (χ1) is 9.02. The van der Waals surface area contributed by atoms with Crippen LogP contribution in [0.15, 0.2) is 34.9 Å². The van der Waals surface area contributed by atoms with Crippen LogP contribution in [0.4, 0.5) is 11.5 Å². The highest BCUT2D eigenvalue weighted by atomic mass is 79.9. The van der Waals surface area contributed by atoms with Gasteiger partial charge in [0.2, 0.25) is 0 Å². The van der Waals surface area contributed by atoms with E-state index in [-0.39, 0.29) is 0 Å². The van der Waals surface area contributed by atoms with Gasteiger partial charge in [0.15, 0.2) is 0 Å². The fraction of sp³-hybridized carbons (Fsp3) is 0.267. The number of anilines is 2. The third-order valence-corrected chi connectivity index (χ3v) is 3.46. The monoisotopic (exact) mass is 320 g/mol. The van der Waals surface area contributed by atoms with Gasteiger partial charge in [-0.25, -0.2) is 4.98 Å². The number of methoxy groups -OCH3 is 1. The summed E-state index contributed by atoms with van der Waals surface area (Å²) in [7, 11) is 3.68. The largest absolute Gasteiger partial charge is 0.495 e. The first kappa shape index (κ1) is 13.9. The molecule has 2 rings (SSSR count). The molecule has 0 amide bonds. The van der Waals surface area contributed by atoms with Gasteiger partial charge in [-0.2, -0.15) is 0 Å². The molecule has 1 heterocycles. The van der Waals surface area contributed by atoms with Crippen LogP contribution in [0, 0.1) is 13.8 Å². The normalized spacial score (nSPS) is 10.4. The first-order valence-corrected chi connectivity index (χ1v) is 6.82. The Morgan fingerprint density at radius 2 is 1.95 bits per heavy atom. The lowest BCUT2D eigenvalue weighted by molar-refractivity contribution is 0.415. The van der Waals surface area contributed by atoms with Crippen molar-refractivity contribution in [2.75, 3.05) is 19.1 Å². The highest BCUT2D eigenvalue weighted by molar-refractivity contribution is 9.10. The number of aryl methyl sites for hydroxylation is 2. The van der Waals surface area contributed by atoms with Crippen LogP contribution < -0.4 is 9.64 Å². The molecule has 0 aliphatic rings. The number of halogens is 1. The second-order valence-electron chi connectivity index (χ2n) is 4.53.